The maximum atomic E-state index is 13.9. The molecule has 12 heteroatoms. The molecule has 2 aliphatic heterocycles. The van der Waals surface area contributed by atoms with Gasteiger partial charge in [0.05, 0.1) is 46.3 Å². The first-order valence-corrected chi connectivity index (χ1v) is 13.7. The number of hydrogen-bond donors (Lipinski definition) is 1. The lowest BCUT2D eigenvalue weighted by Crippen LogP contribution is -2.54. The Morgan fingerprint density at radius 2 is 1.85 bits per heavy atom. The number of ether oxygens (including phenoxy) is 1. The van der Waals surface area contributed by atoms with Crippen LogP contribution in [0.3, 0.4) is 0 Å². The lowest BCUT2D eigenvalue weighted by Gasteiger charge is -2.42. The van der Waals surface area contributed by atoms with Crippen molar-refractivity contribution in [2.75, 3.05) is 45.2 Å². The van der Waals surface area contributed by atoms with Crippen molar-refractivity contribution in [2.45, 2.75) is 36.9 Å². The van der Waals surface area contributed by atoms with Crippen LogP contribution in [0.2, 0.25) is 5.02 Å². The van der Waals surface area contributed by atoms with Gasteiger partial charge in [0.25, 0.3) is 0 Å². The van der Waals surface area contributed by atoms with Gasteiger partial charge in [-0.05, 0) is 68.8 Å². The van der Waals surface area contributed by atoms with Crippen LogP contribution in [0.4, 0.5) is 23.2 Å². The maximum Gasteiger partial charge on any atom is 0.416 e. The number of anilines is 1. The van der Waals surface area contributed by atoms with E-state index in [1.165, 1.54) is 19.2 Å². The number of hydrogen-bond acceptors (Lipinski definition) is 6. The summed E-state index contributed by atoms with van der Waals surface area (Å²) in [6.45, 7) is 2.43. The number of nitrogens with zero attached hydrogens (tertiary/aromatic N) is 4. The van der Waals surface area contributed by atoms with Crippen molar-refractivity contribution in [3.05, 3.63) is 70.8 Å². The van der Waals surface area contributed by atoms with Crippen LogP contribution in [0.1, 0.15) is 30.4 Å². The third kappa shape index (κ3) is 5.97. The number of piperidine rings is 1. The van der Waals surface area contributed by atoms with Crippen LogP contribution < -0.4 is 15.0 Å². The Kier molecular flexibility index (Phi) is 8.11. The molecule has 1 amide bonds. The number of carbonyl (C=O) groups excluding carboxylic acids is 1. The highest BCUT2D eigenvalue weighted by molar-refractivity contribution is 6.33. The Morgan fingerprint density at radius 1 is 1.10 bits per heavy atom. The minimum Gasteiger partial charge on any atom is -0.481 e. The molecule has 4 heterocycles. The third-order valence-electron chi connectivity index (χ3n) is 8.00. The van der Waals surface area contributed by atoms with Gasteiger partial charge >= 0.3 is 6.18 Å². The zero-order chi connectivity index (χ0) is 29.4. The van der Waals surface area contributed by atoms with E-state index in [4.69, 9.17) is 16.3 Å². The van der Waals surface area contributed by atoms with Gasteiger partial charge in [0.1, 0.15) is 5.82 Å². The topological polar surface area (TPSA) is 70.6 Å². The van der Waals surface area contributed by atoms with Gasteiger partial charge in [-0.1, -0.05) is 17.7 Å². The van der Waals surface area contributed by atoms with Crippen LogP contribution in [-0.4, -0.2) is 67.2 Å². The standard InChI is InChI=1S/C29H30ClF4N5O2/c1-38-10-7-21(17-38)37-27(40)28(19-3-5-24(35-15-19)22-14-20(31)16-36-26(22)41-2)8-11-39(12-9-28)25-6-4-18(13-23(25)30)29(32,33)34/h3-6,13-16,21H,7-12,17H2,1-2H3,(H,37,40)/t21-/m0/s1. The van der Waals surface area contributed by atoms with E-state index < -0.39 is 23.0 Å². The second-order valence-electron chi connectivity index (χ2n) is 10.6. The fourth-order valence-electron chi connectivity index (χ4n) is 5.70. The predicted molar refractivity (Wildman–Crippen MR) is 148 cm³/mol. The number of amides is 1. The number of methoxy groups -OCH3 is 1. The molecule has 7 nitrogen and oxygen atoms in total. The van der Waals surface area contributed by atoms with Gasteiger partial charge in [-0.25, -0.2) is 9.37 Å². The first-order chi connectivity index (χ1) is 19.5. The van der Waals surface area contributed by atoms with Crippen molar-refractivity contribution in [1.82, 2.24) is 20.2 Å². The summed E-state index contributed by atoms with van der Waals surface area (Å²) in [6.07, 6.45) is -0.172. The van der Waals surface area contributed by atoms with Crippen LogP contribution in [0.25, 0.3) is 11.3 Å². The minimum absolute atomic E-state index is 0.00874. The molecular weight excluding hydrogens is 562 g/mol. The van der Waals surface area contributed by atoms with Crippen LogP contribution in [0.15, 0.2) is 48.8 Å². The molecule has 2 saturated heterocycles. The summed E-state index contributed by atoms with van der Waals surface area (Å²) < 4.78 is 58.7. The number of halogens is 5. The summed E-state index contributed by atoms with van der Waals surface area (Å²) in [5.41, 5.74) is 0.288. The van der Waals surface area contributed by atoms with Crippen LogP contribution in [0.5, 0.6) is 5.88 Å². The van der Waals surface area contributed by atoms with Gasteiger partial charge in [0.15, 0.2) is 0 Å². The third-order valence-corrected chi connectivity index (χ3v) is 8.30. The molecule has 2 fully saturated rings. The highest BCUT2D eigenvalue weighted by atomic mass is 35.5. The summed E-state index contributed by atoms with van der Waals surface area (Å²) in [5.74, 6) is -0.417. The molecule has 218 valence electrons. The zero-order valence-electron chi connectivity index (χ0n) is 22.6. The predicted octanol–water partition coefficient (Wildman–Crippen LogP) is 5.32. The first kappa shape index (κ1) is 29.1. The Hall–Kier alpha value is -3.44. The highest BCUT2D eigenvalue weighted by Gasteiger charge is 2.44. The molecule has 1 N–H and O–H groups in total. The molecule has 41 heavy (non-hydrogen) atoms. The van der Waals surface area contributed by atoms with E-state index in [0.717, 1.165) is 37.8 Å². The SMILES string of the molecule is COc1ncc(F)cc1-c1ccc(C2(C(=O)N[C@H]3CCN(C)C3)CCN(c3ccc(C(F)(F)F)cc3Cl)CC2)cn1. The zero-order valence-corrected chi connectivity index (χ0v) is 23.4. The molecule has 5 rings (SSSR count). The summed E-state index contributed by atoms with van der Waals surface area (Å²) in [5, 5.41) is 3.23. The molecule has 0 spiro atoms. The van der Waals surface area contributed by atoms with Gasteiger partial charge in [0.2, 0.25) is 11.8 Å². The highest BCUT2D eigenvalue weighted by Crippen LogP contribution is 2.41. The molecule has 0 saturated carbocycles. The molecular formula is C29H30ClF4N5O2. The molecule has 1 atom stereocenters. The number of carbonyl (C=O) groups is 1. The van der Waals surface area contributed by atoms with Crippen LogP contribution in [-0.2, 0) is 16.4 Å². The Labute approximate surface area is 240 Å². The van der Waals surface area contributed by atoms with Crippen molar-refractivity contribution in [2.24, 2.45) is 0 Å². The number of pyridine rings is 2. The number of benzene rings is 1. The fourth-order valence-corrected chi connectivity index (χ4v) is 6.00. The number of likely N-dealkylation sites (N-methyl/N-ethyl adjacent to an activating group) is 1. The summed E-state index contributed by atoms with van der Waals surface area (Å²) in [4.78, 5) is 26.5. The number of aromatic nitrogens is 2. The number of alkyl halides is 3. The Bertz CT molecular complexity index is 1410. The first-order valence-electron chi connectivity index (χ1n) is 13.3. The van der Waals surface area contributed by atoms with Crippen LogP contribution in [0, 0.1) is 5.82 Å². The van der Waals surface area contributed by atoms with Crippen molar-refractivity contribution >= 4 is 23.2 Å². The molecule has 2 aliphatic rings. The molecule has 0 radical (unpaired) electrons. The van der Waals surface area contributed by atoms with Crippen LogP contribution >= 0.6 is 11.6 Å². The summed E-state index contributed by atoms with van der Waals surface area (Å²) in [6, 6.07) is 8.16. The average molecular weight is 592 g/mol. The molecule has 0 unspecified atom stereocenters. The molecule has 0 bridgehead atoms. The smallest absolute Gasteiger partial charge is 0.416 e. The fraction of sp³-hybridized carbons (Fsp3) is 0.414. The quantitative estimate of drug-likeness (QED) is 0.391. The average Bonchev–Trinajstić information content (AvgIpc) is 3.36. The largest absolute Gasteiger partial charge is 0.481 e. The van der Waals surface area contributed by atoms with Gasteiger partial charge < -0.3 is 19.9 Å². The van der Waals surface area contributed by atoms with Crippen molar-refractivity contribution in [3.63, 3.8) is 0 Å². The maximum absolute atomic E-state index is 13.9. The molecule has 0 aliphatic carbocycles. The van der Waals surface area contributed by atoms with Crippen molar-refractivity contribution in [1.29, 1.82) is 0 Å². The minimum atomic E-state index is -4.49. The van der Waals surface area contributed by atoms with E-state index >= 15 is 0 Å². The monoisotopic (exact) mass is 591 g/mol. The van der Waals surface area contributed by atoms with E-state index in [1.54, 1.807) is 12.3 Å². The number of likely N-dealkylation sites (tertiary alicyclic amines) is 1. The van der Waals surface area contributed by atoms with Gasteiger partial charge in [-0.3, -0.25) is 9.78 Å². The Balaban J connectivity index is 1.43. The molecule has 1 aromatic carbocycles. The van der Waals surface area contributed by atoms with E-state index in [2.05, 4.69) is 20.2 Å². The number of rotatable bonds is 6. The van der Waals surface area contributed by atoms with E-state index in [0.29, 0.717) is 48.4 Å². The van der Waals surface area contributed by atoms with Crippen molar-refractivity contribution < 1.29 is 27.1 Å². The summed E-state index contributed by atoms with van der Waals surface area (Å²) >= 11 is 6.28. The summed E-state index contributed by atoms with van der Waals surface area (Å²) in [7, 11) is 3.45. The van der Waals surface area contributed by atoms with E-state index in [9.17, 15) is 22.4 Å². The van der Waals surface area contributed by atoms with Crippen molar-refractivity contribution in [3.8, 4) is 17.1 Å². The van der Waals surface area contributed by atoms with E-state index in [1.807, 2.05) is 18.0 Å². The molecule has 2 aromatic heterocycles. The van der Waals surface area contributed by atoms with Gasteiger partial charge in [0, 0.05) is 31.9 Å². The van der Waals surface area contributed by atoms with E-state index in [-0.39, 0.29) is 22.9 Å². The Morgan fingerprint density at radius 3 is 2.44 bits per heavy atom. The second kappa shape index (κ2) is 11.4. The number of nitrogens with one attached hydrogen (secondary N) is 1. The lowest BCUT2D eigenvalue weighted by molar-refractivity contribution is -0.137. The normalized spacial score (nSPS) is 19.3. The van der Waals surface area contributed by atoms with Gasteiger partial charge in [-0.2, -0.15) is 13.2 Å². The lowest BCUT2D eigenvalue weighted by atomic mass is 9.72. The second-order valence-corrected chi connectivity index (χ2v) is 11.0. The molecule has 3 aromatic rings. The van der Waals surface area contributed by atoms with Gasteiger partial charge in [-0.15, -0.1) is 0 Å².